The molecule has 22 heavy (non-hydrogen) atoms. The summed E-state index contributed by atoms with van der Waals surface area (Å²) in [7, 11) is 0. The lowest BCUT2D eigenvalue weighted by Gasteiger charge is -2.00. The molecule has 0 bridgehead atoms. The minimum Gasteiger partial charge on any atom is -0.300 e. The van der Waals surface area contributed by atoms with Gasteiger partial charge in [-0.25, -0.2) is 4.99 Å². The Bertz CT molecular complexity index is 759. The number of carbonyl (C=O) groups is 1. The van der Waals surface area contributed by atoms with E-state index in [2.05, 4.69) is 16.4 Å². The van der Waals surface area contributed by atoms with Gasteiger partial charge in [-0.05, 0) is 60.5 Å². The predicted octanol–water partition coefficient (Wildman–Crippen LogP) is 4.20. The first kappa shape index (κ1) is 14.6. The van der Waals surface area contributed by atoms with Crippen molar-refractivity contribution in [3.63, 3.8) is 0 Å². The van der Waals surface area contributed by atoms with Gasteiger partial charge in [-0.15, -0.1) is 0 Å². The summed E-state index contributed by atoms with van der Waals surface area (Å²) in [6.45, 7) is 4.08. The standard InChI is InChI=1S/C18H16N2OS/c1-12-8-13(2)10-15(9-12)19-18-20-17(21)16(22-18)11-14-6-4-3-5-7-14/h3-11H,1-2H3,(H,19,20,21)/b16-11-. The number of amidine groups is 1. The largest absolute Gasteiger partial charge is 0.300 e. The fourth-order valence-corrected chi connectivity index (χ4v) is 3.16. The molecular formula is C18H16N2OS. The van der Waals surface area contributed by atoms with E-state index in [-0.39, 0.29) is 5.91 Å². The first-order valence-corrected chi connectivity index (χ1v) is 7.85. The van der Waals surface area contributed by atoms with E-state index in [1.54, 1.807) is 0 Å². The fourth-order valence-electron chi connectivity index (χ4n) is 2.31. The average Bonchev–Trinajstić information content (AvgIpc) is 2.78. The summed E-state index contributed by atoms with van der Waals surface area (Å²) in [6.07, 6.45) is 1.88. The van der Waals surface area contributed by atoms with E-state index in [9.17, 15) is 4.79 Å². The highest BCUT2D eigenvalue weighted by Crippen LogP contribution is 2.28. The molecule has 0 aromatic heterocycles. The third-order valence-corrected chi connectivity index (χ3v) is 4.10. The van der Waals surface area contributed by atoms with Crippen molar-refractivity contribution in [3.05, 3.63) is 70.1 Å². The molecule has 1 aliphatic rings. The van der Waals surface area contributed by atoms with Gasteiger partial charge in [0.15, 0.2) is 5.17 Å². The van der Waals surface area contributed by atoms with Crippen molar-refractivity contribution in [3.8, 4) is 0 Å². The summed E-state index contributed by atoms with van der Waals surface area (Å²) in [6, 6.07) is 15.9. The van der Waals surface area contributed by atoms with Crippen LogP contribution in [0, 0.1) is 13.8 Å². The molecule has 3 rings (SSSR count). The van der Waals surface area contributed by atoms with Crippen molar-refractivity contribution < 1.29 is 4.79 Å². The van der Waals surface area contributed by atoms with Gasteiger partial charge in [-0.3, -0.25) is 4.79 Å². The molecule has 0 spiro atoms. The normalized spacial score (nSPS) is 18.0. The van der Waals surface area contributed by atoms with Gasteiger partial charge >= 0.3 is 0 Å². The van der Waals surface area contributed by atoms with E-state index in [0.29, 0.717) is 10.1 Å². The Balaban J connectivity index is 1.85. The van der Waals surface area contributed by atoms with Crippen molar-refractivity contribution in [1.82, 2.24) is 5.32 Å². The number of carbonyl (C=O) groups excluding carboxylic acids is 1. The highest BCUT2D eigenvalue weighted by Gasteiger charge is 2.23. The molecule has 1 amide bonds. The van der Waals surface area contributed by atoms with Gasteiger partial charge in [-0.2, -0.15) is 0 Å². The average molecular weight is 308 g/mol. The van der Waals surface area contributed by atoms with Crippen LogP contribution in [0.3, 0.4) is 0 Å². The number of benzene rings is 2. The molecule has 2 aromatic carbocycles. The molecule has 1 saturated heterocycles. The number of hydrogen-bond donors (Lipinski definition) is 1. The van der Waals surface area contributed by atoms with Crippen molar-refractivity contribution in [2.75, 3.05) is 0 Å². The fraction of sp³-hybridized carbons (Fsp3) is 0.111. The van der Waals surface area contributed by atoms with Gasteiger partial charge in [0.05, 0.1) is 10.6 Å². The first-order chi connectivity index (χ1) is 10.6. The Morgan fingerprint density at radius 1 is 1.05 bits per heavy atom. The number of rotatable bonds is 2. The zero-order valence-electron chi connectivity index (χ0n) is 12.5. The Morgan fingerprint density at radius 3 is 2.41 bits per heavy atom. The molecule has 4 heteroatoms. The summed E-state index contributed by atoms with van der Waals surface area (Å²) in [5.74, 6) is -0.100. The second-order valence-corrected chi connectivity index (χ2v) is 6.27. The van der Waals surface area contributed by atoms with Gasteiger partial charge in [0.1, 0.15) is 0 Å². The summed E-state index contributed by atoms with van der Waals surface area (Å²) in [5.41, 5.74) is 4.19. The van der Waals surface area contributed by atoms with E-state index in [0.717, 1.165) is 22.4 Å². The van der Waals surface area contributed by atoms with E-state index >= 15 is 0 Å². The maximum atomic E-state index is 12.0. The molecule has 3 nitrogen and oxygen atoms in total. The predicted molar refractivity (Wildman–Crippen MR) is 93.2 cm³/mol. The second kappa shape index (κ2) is 6.20. The van der Waals surface area contributed by atoms with Gasteiger partial charge in [0.2, 0.25) is 0 Å². The highest BCUT2D eigenvalue weighted by molar-refractivity contribution is 8.18. The molecule has 0 aliphatic carbocycles. The molecule has 0 saturated carbocycles. The molecule has 0 atom stereocenters. The molecule has 1 heterocycles. The molecule has 1 N–H and O–H groups in total. The zero-order chi connectivity index (χ0) is 15.5. The van der Waals surface area contributed by atoms with Crippen LogP contribution in [0.2, 0.25) is 0 Å². The van der Waals surface area contributed by atoms with Gasteiger partial charge < -0.3 is 5.32 Å². The lowest BCUT2D eigenvalue weighted by Crippen LogP contribution is -2.19. The van der Waals surface area contributed by atoms with Gasteiger partial charge in [-0.1, -0.05) is 36.4 Å². The van der Waals surface area contributed by atoms with Crippen LogP contribution < -0.4 is 5.32 Å². The van der Waals surface area contributed by atoms with Gasteiger partial charge in [0, 0.05) is 0 Å². The number of aliphatic imine (C=N–C) groups is 1. The zero-order valence-corrected chi connectivity index (χ0v) is 13.3. The maximum Gasteiger partial charge on any atom is 0.264 e. The van der Waals surface area contributed by atoms with Crippen LogP contribution in [0.1, 0.15) is 16.7 Å². The summed E-state index contributed by atoms with van der Waals surface area (Å²) >= 11 is 1.37. The monoisotopic (exact) mass is 308 g/mol. The lowest BCUT2D eigenvalue weighted by atomic mass is 10.1. The summed E-state index contributed by atoms with van der Waals surface area (Å²) < 4.78 is 0. The van der Waals surface area contributed by atoms with Crippen molar-refractivity contribution in [2.45, 2.75) is 13.8 Å². The highest BCUT2D eigenvalue weighted by atomic mass is 32.2. The molecule has 1 fully saturated rings. The quantitative estimate of drug-likeness (QED) is 0.845. The number of aryl methyl sites for hydroxylation is 2. The van der Waals surface area contributed by atoms with Crippen LogP contribution in [0.25, 0.3) is 6.08 Å². The molecular weight excluding hydrogens is 292 g/mol. The summed E-state index contributed by atoms with van der Waals surface area (Å²) in [4.78, 5) is 17.2. The minimum atomic E-state index is -0.100. The third kappa shape index (κ3) is 3.46. The maximum absolute atomic E-state index is 12.0. The Labute approximate surface area is 134 Å². The summed E-state index contributed by atoms with van der Waals surface area (Å²) in [5, 5.41) is 3.44. The Morgan fingerprint density at radius 2 is 1.73 bits per heavy atom. The topological polar surface area (TPSA) is 41.5 Å². The SMILES string of the molecule is Cc1cc(C)cc(N=C2NC(=O)/C(=C/c3ccccc3)S2)c1. The first-order valence-electron chi connectivity index (χ1n) is 7.03. The Hall–Kier alpha value is -2.33. The molecule has 0 radical (unpaired) electrons. The lowest BCUT2D eigenvalue weighted by molar-refractivity contribution is -0.115. The van der Waals surface area contributed by atoms with Crippen LogP contribution in [-0.4, -0.2) is 11.1 Å². The molecule has 0 unspecified atom stereocenters. The minimum absolute atomic E-state index is 0.100. The van der Waals surface area contributed by atoms with Crippen molar-refractivity contribution in [2.24, 2.45) is 4.99 Å². The molecule has 2 aromatic rings. The molecule has 110 valence electrons. The van der Waals surface area contributed by atoms with E-state index in [1.807, 2.05) is 62.4 Å². The van der Waals surface area contributed by atoms with Crippen LogP contribution >= 0.6 is 11.8 Å². The van der Waals surface area contributed by atoms with E-state index in [1.165, 1.54) is 11.8 Å². The smallest absolute Gasteiger partial charge is 0.264 e. The number of nitrogens with one attached hydrogen (secondary N) is 1. The van der Waals surface area contributed by atoms with E-state index < -0.39 is 0 Å². The number of thioether (sulfide) groups is 1. The van der Waals surface area contributed by atoms with E-state index in [4.69, 9.17) is 0 Å². The van der Waals surface area contributed by atoms with Crippen LogP contribution in [0.5, 0.6) is 0 Å². The number of nitrogens with zero attached hydrogens (tertiary/aromatic N) is 1. The Kier molecular flexibility index (Phi) is 4.11. The number of hydrogen-bond acceptors (Lipinski definition) is 3. The third-order valence-electron chi connectivity index (χ3n) is 3.19. The van der Waals surface area contributed by atoms with Crippen LogP contribution in [0.4, 0.5) is 5.69 Å². The molecule has 1 aliphatic heterocycles. The van der Waals surface area contributed by atoms with Crippen molar-refractivity contribution >= 4 is 34.6 Å². The second-order valence-electron chi connectivity index (χ2n) is 5.24. The van der Waals surface area contributed by atoms with Crippen molar-refractivity contribution in [1.29, 1.82) is 0 Å². The number of amides is 1. The van der Waals surface area contributed by atoms with Crippen LogP contribution in [0.15, 0.2) is 58.4 Å². The van der Waals surface area contributed by atoms with Gasteiger partial charge in [0.25, 0.3) is 5.91 Å². The van der Waals surface area contributed by atoms with Crippen LogP contribution in [-0.2, 0) is 4.79 Å².